The molecule has 0 bridgehead atoms. The number of para-hydroxylation sites is 2. The van der Waals surface area contributed by atoms with Crippen LogP contribution in [0.1, 0.15) is 24.0 Å². The molecule has 6 nitrogen and oxygen atoms in total. The summed E-state index contributed by atoms with van der Waals surface area (Å²) >= 11 is 0. The minimum atomic E-state index is -2.87. The van der Waals surface area contributed by atoms with Gasteiger partial charge in [0.1, 0.15) is 5.75 Å². The van der Waals surface area contributed by atoms with Gasteiger partial charge in [0, 0.05) is 44.4 Å². The normalized spacial score (nSPS) is 12.9. The van der Waals surface area contributed by atoms with Crippen molar-refractivity contribution in [3.63, 3.8) is 0 Å². The van der Waals surface area contributed by atoms with Crippen LogP contribution < -0.4 is 20.3 Å². The molecule has 0 fully saturated rings. The summed E-state index contributed by atoms with van der Waals surface area (Å²) in [5.41, 5.74) is 2.82. The lowest BCUT2D eigenvalue weighted by Gasteiger charge is -2.18. The molecule has 0 radical (unpaired) electrons. The first kappa shape index (κ1) is 24.8. The molecule has 31 heavy (non-hydrogen) atoms. The highest BCUT2D eigenvalue weighted by Crippen LogP contribution is 2.28. The van der Waals surface area contributed by atoms with Gasteiger partial charge in [-0.25, -0.2) is 0 Å². The lowest BCUT2D eigenvalue weighted by atomic mass is 10.2. The third kappa shape index (κ3) is 7.05. The zero-order valence-electron chi connectivity index (χ0n) is 17.3. The van der Waals surface area contributed by atoms with Gasteiger partial charge in [0.15, 0.2) is 5.96 Å². The number of nitrogens with one attached hydrogen (secondary N) is 2. The van der Waals surface area contributed by atoms with E-state index in [1.165, 1.54) is 11.6 Å². The molecule has 1 aliphatic heterocycles. The average Bonchev–Trinajstić information content (AvgIpc) is 3.18. The van der Waals surface area contributed by atoms with Crippen LogP contribution in [0.15, 0.2) is 53.5 Å². The zero-order valence-corrected chi connectivity index (χ0v) is 19.6. The van der Waals surface area contributed by atoms with Gasteiger partial charge in [-0.1, -0.05) is 36.4 Å². The van der Waals surface area contributed by atoms with Crippen LogP contribution in [0.2, 0.25) is 0 Å². The van der Waals surface area contributed by atoms with Crippen molar-refractivity contribution >= 4 is 41.5 Å². The third-order valence-electron chi connectivity index (χ3n) is 4.91. The number of carbonyl (C=O) groups excluding carboxylic acids is 1. The molecule has 0 saturated heterocycles. The molecule has 2 N–H and O–H groups in total. The molecule has 3 rings (SSSR count). The van der Waals surface area contributed by atoms with Gasteiger partial charge in [-0.2, -0.15) is 8.78 Å². The number of hydrogen-bond acceptors (Lipinski definition) is 3. The van der Waals surface area contributed by atoms with E-state index in [1.54, 1.807) is 25.2 Å². The van der Waals surface area contributed by atoms with Crippen LogP contribution in [0.3, 0.4) is 0 Å². The second-order valence-corrected chi connectivity index (χ2v) is 6.87. The van der Waals surface area contributed by atoms with Crippen molar-refractivity contribution in [3.05, 3.63) is 59.7 Å². The van der Waals surface area contributed by atoms with Gasteiger partial charge in [-0.15, -0.1) is 24.0 Å². The number of amides is 1. The van der Waals surface area contributed by atoms with Crippen LogP contribution >= 0.6 is 24.0 Å². The number of alkyl halides is 2. The van der Waals surface area contributed by atoms with E-state index in [4.69, 9.17) is 0 Å². The van der Waals surface area contributed by atoms with Crippen LogP contribution in [0.4, 0.5) is 14.5 Å². The second-order valence-electron chi connectivity index (χ2n) is 6.87. The molecule has 168 valence electrons. The molecule has 1 amide bonds. The average molecular weight is 544 g/mol. The SMILES string of the molecule is CN=C(NCCCC(=O)N1CCc2ccccc21)NCc1ccccc1OC(F)F.I. The highest BCUT2D eigenvalue weighted by Gasteiger charge is 2.23. The number of aliphatic imine (C=N–C) groups is 1. The van der Waals surface area contributed by atoms with Gasteiger partial charge < -0.3 is 20.3 Å². The summed E-state index contributed by atoms with van der Waals surface area (Å²) in [6.07, 6.45) is 1.99. The summed E-state index contributed by atoms with van der Waals surface area (Å²) in [6, 6.07) is 14.6. The fourth-order valence-corrected chi connectivity index (χ4v) is 3.44. The third-order valence-corrected chi connectivity index (χ3v) is 4.91. The highest BCUT2D eigenvalue weighted by atomic mass is 127. The highest BCUT2D eigenvalue weighted by molar-refractivity contribution is 14.0. The monoisotopic (exact) mass is 544 g/mol. The summed E-state index contributed by atoms with van der Waals surface area (Å²) in [5, 5.41) is 6.22. The molecular formula is C22H27F2IN4O2. The quantitative estimate of drug-likeness (QED) is 0.229. The first-order chi connectivity index (χ1) is 14.6. The van der Waals surface area contributed by atoms with Crippen molar-refractivity contribution in [2.45, 2.75) is 32.4 Å². The van der Waals surface area contributed by atoms with Crippen molar-refractivity contribution in [1.29, 1.82) is 0 Å². The molecule has 0 saturated carbocycles. The second kappa shape index (κ2) is 12.4. The number of nitrogens with zero attached hydrogens (tertiary/aromatic N) is 2. The summed E-state index contributed by atoms with van der Waals surface area (Å²) in [5.74, 6) is 0.774. The van der Waals surface area contributed by atoms with Crippen LogP contribution in [0.5, 0.6) is 5.75 Å². The maximum atomic E-state index is 12.5. The predicted molar refractivity (Wildman–Crippen MR) is 128 cm³/mol. The predicted octanol–water partition coefficient (Wildman–Crippen LogP) is 3.94. The van der Waals surface area contributed by atoms with E-state index in [0.717, 1.165) is 18.7 Å². The molecule has 9 heteroatoms. The molecule has 0 aromatic heterocycles. The molecule has 0 spiro atoms. The Labute approximate surface area is 198 Å². The van der Waals surface area contributed by atoms with Crippen molar-refractivity contribution in [2.24, 2.45) is 4.99 Å². The zero-order chi connectivity index (χ0) is 21.3. The maximum absolute atomic E-state index is 12.5. The van der Waals surface area contributed by atoms with E-state index in [1.807, 2.05) is 23.1 Å². The van der Waals surface area contributed by atoms with Gasteiger partial charge in [0.05, 0.1) is 0 Å². The number of ether oxygens (including phenoxy) is 1. The van der Waals surface area contributed by atoms with Crippen molar-refractivity contribution in [1.82, 2.24) is 10.6 Å². The summed E-state index contributed by atoms with van der Waals surface area (Å²) < 4.78 is 29.6. The number of hydrogen-bond donors (Lipinski definition) is 2. The molecule has 2 aromatic rings. The largest absolute Gasteiger partial charge is 0.434 e. The molecule has 1 aliphatic rings. The topological polar surface area (TPSA) is 66.0 Å². The van der Waals surface area contributed by atoms with E-state index in [-0.39, 0.29) is 42.2 Å². The Morgan fingerprint density at radius 2 is 1.90 bits per heavy atom. The van der Waals surface area contributed by atoms with Gasteiger partial charge in [-0.3, -0.25) is 9.79 Å². The summed E-state index contributed by atoms with van der Waals surface area (Å²) in [6.45, 7) is -1.29. The van der Waals surface area contributed by atoms with Crippen molar-refractivity contribution < 1.29 is 18.3 Å². The summed E-state index contributed by atoms with van der Waals surface area (Å²) in [7, 11) is 1.63. The Hall–Kier alpha value is -2.43. The Morgan fingerprint density at radius 3 is 2.68 bits per heavy atom. The first-order valence-electron chi connectivity index (χ1n) is 9.94. The lowest BCUT2D eigenvalue weighted by molar-refractivity contribution is -0.118. The van der Waals surface area contributed by atoms with Gasteiger partial charge in [0.2, 0.25) is 5.91 Å². The number of guanidine groups is 1. The molecule has 0 atom stereocenters. The van der Waals surface area contributed by atoms with Gasteiger partial charge >= 0.3 is 6.61 Å². The molecular weight excluding hydrogens is 517 g/mol. The van der Waals surface area contributed by atoms with Crippen LogP contribution in [-0.4, -0.2) is 38.6 Å². The van der Waals surface area contributed by atoms with Crippen LogP contribution in [0, 0.1) is 0 Å². The fourth-order valence-electron chi connectivity index (χ4n) is 3.44. The minimum absolute atomic E-state index is 0. The van der Waals surface area contributed by atoms with E-state index >= 15 is 0 Å². The van der Waals surface area contributed by atoms with Gasteiger partial charge in [0.25, 0.3) is 0 Å². The number of anilines is 1. The Morgan fingerprint density at radius 1 is 1.16 bits per heavy atom. The van der Waals surface area contributed by atoms with Crippen molar-refractivity contribution in [2.75, 3.05) is 25.0 Å². The van der Waals surface area contributed by atoms with Crippen LogP contribution in [-0.2, 0) is 17.8 Å². The Bertz CT molecular complexity index is 895. The number of carbonyl (C=O) groups is 1. The van der Waals surface area contributed by atoms with Crippen LogP contribution in [0.25, 0.3) is 0 Å². The summed E-state index contributed by atoms with van der Waals surface area (Å²) in [4.78, 5) is 18.5. The molecule has 2 aromatic carbocycles. The standard InChI is InChI=1S/C22H26F2N4O2.HI/c1-25-22(27-15-17-8-3-5-10-19(17)30-21(23)24)26-13-6-11-20(29)28-14-12-16-7-2-4-9-18(16)28;/h2-5,7-10,21H,6,11-15H2,1H3,(H2,25,26,27);1H. The Kier molecular flexibility index (Phi) is 9.96. The molecule has 0 aliphatic carbocycles. The molecule has 0 unspecified atom stereocenters. The van der Waals surface area contributed by atoms with Crippen molar-refractivity contribution in [3.8, 4) is 5.75 Å². The smallest absolute Gasteiger partial charge is 0.387 e. The number of fused-ring (bicyclic) bond motifs is 1. The molecule has 1 heterocycles. The minimum Gasteiger partial charge on any atom is -0.434 e. The van der Waals surface area contributed by atoms with E-state index in [2.05, 4.69) is 26.4 Å². The fraction of sp³-hybridized carbons (Fsp3) is 0.364. The van der Waals surface area contributed by atoms with E-state index in [9.17, 15) is 13.6 Å². The van der Waals surface area contributed by atoms with E-state index < -0.39 is 6.61 Å². The van der Waals surface area contributed by atoms with E-state index in [0.29, 0.717) is 30.9 Å². The lowest BCUT2D eigenvalue weighted by Crippen LogP contribution is -2.38. The Balaban J connectivity index is 0.00000341. The first-order valence-corrected chi connectivity index (χ1v) is 9.94. The number of benzene rings is 2. The van der Waals surface area contributed by atoms with Gasteiger partial charge in [-0.05, 0) is 30.5 Å². The maximum Gasteiger partial charge on any atom is 0.387 e. The number of rotatable bonds is 8. The number of halogens is 3.